The molecule has 1 amide bonds. The van der Waals surface area contributed by atoms with Gasteiger partial charge < -0.3 is 14.1 Å². The summed E-state index contributed by atoms with van der Waals surface area (Å²) in [4.78, 5) is 19.6. The molecule has 1 aromatic heterocycles. The minimum atomic E-state index is 0.107. The van der Waals surface area contributed by atoms with Gasteiger partial charge in [-0.1, -0.05) is 18.2 Å². The van der Waals surface area contributed by atoms with Crippen LogP contribution in [0.5, 0.6) is 0 Å². The summed E-state index contributed by atoms with van der Waals surface area (Å²) in [6, 6.07) is 13.6. The summed E-state index contributed by atoms with van der Waals surface area (Å²) in [5, 5.41) is 0. The number of nitrogens with zero attached hydrogens (tertiary/aromatic N) is 3. The molecule has 0 N–H and O–H groups in total. The molecule has 28 heavy (non-hydrogen) atoms. The van der Waals surface area contributed by atoms with Gasteiger partial charge in [0.15, 0.2) is 0 Å². The first-order chi connectivity index (χ1) is 13.8. The molecule has 1 unspecified atom stereocenters. The number of ether oxygens (including phenoxy) is 1. The van der Waals surface area contributed by atoms with Gasteiger partial charge >= 0.3 is 0 Å². The quantitative estimate of drug-likeness (QED) is 0.736. The van der Waals surface area contributed by atoms with Gasteiger partial charge in [-0.25, -0.2) is 0 Å². The highest BCUT2D eigenvalue weighted by Crippen LogP contribution is 2.19. The van der Waals surface area contributed by atoms with Crippen LogP contribution in [-0.2, 0) is 16.1 Å². The second-order valence-electron chi connectivity index (χ2n) is 7.61. The van der Waals surface area contributed by atoms with Crippen molar-refractivity contribution in [3.63, 3.8) is 0 Å². The SMILES string of the molecule is O=C(CN1CCN(CC2CCCO2)CC1)N(Cc1ccco1)c1ccccc1. The zero-order valence-corrected chi connectivity index (χ0v) is 16.3. The summed E-state index contributed by atoms with van der Waals surface area (Å²) in [7, 11) is 0. The predicted octanol–water partition coefficient (Wildman–Crippen LogP) is 2.61. The fraction of sp³-hybridized carbons (Fsp3) is 0.500. The number of carbonyl (C=O) groups excluding carboxylic acids is 1. The summed E-state index contributed by atoms with van der Waals surface area (Å²) in [5.41, 5.74) is 0.904. The molecule has 2 fully saturated rings. The van der Waals surface area contributed by atoms with Crippen LogP contribution in [0.25, 0.3) is 0 Å². The Labute approximate surface area is 166 Å². The molecule has 6 heteroatoms. The maximum absolute atomic E-state index is 13.1. The average Bonchev–Trinajstić information content (AvgIpc) is 3.42. The molecular weight excluding hydrogens is 354 g/mol. The third-order valence-electron chi connectivity index (χ3n) is 5.57. The van der Waals surface area contributed by atoms with Crippen LogP contribution in [0, 0.1) is 0 Å². The Morgan fingerprint density at radius 1 is 1.04 bits per heavy atom. The van der Waals surface area contributed by atoms with E-state index < -0.39 is 0 Å². The minimum absolute atomic E-state index is 0.107. The molecule has 3 heterocycles. The maximum atomic E-state index is 13.1. The highest BCUT2D eigenvalue weighted by atomic mass is 16.5. The van der Waals surface area contributed by atoms with Crippen LogP contribution >= 0.6 is 0 Å². The van der Waals surface area contributed by atoms with Crippen LogP contribution in [0.15, 0.2) is 53.1 Å². The van der Waals surface area contributed by atoms with Gasteiger partial charge in [0, 0.05) is 45.0 Å². The van der Waals surface area contributed by atoms with E-state index in [-0.39, 0.29) is 5.91 Å². The molecule has 0 bridgehead atoms. The fourth-order valence-corrected chi connectivity index (χ4v) is 3.97. The normalized spacial score (nSPS) is 21.1. The van der Waals surface area contributed by atoms with Crippen molar-refractivity contribution in [1.29, 1.82) is 0 Å². The predicted molar refractivity (Wildman–Crippen MR) is 108 cm³/mol. The van der Waals surface area contributed by atoms with E-state index >= 15 is 0 Å². The van der Waals surface area contributed by atoms with Crippen molar-refractivity contribution in [2.75, 3.05) is 50.8 Å². The van der Waals surface area contributed by atoms with Gasteiger partial charge in [-0.3, -0.25) is 14.6 Å². The average molecular weight is 383 g/mol. The first-order valence-electron chi connectivity index (χ1n) is 10.2. The van der Waals surface area contributed by atoms with Crippen molar-refractivity contribution in [3.8, 4) is 0 Å². The molecule has 1 atom stereocenters. The van der Waals surface area contributed by atoms with Crippen molar-refractivity contribution in [3.05, 3.63) is 54.5 Å². The topological polar surface area (TPSA) is 49.2 Å². The Balaban J connectivity index is 1.32. The van der Waals surface area contributed by atoms with Crippen molar-refractivity contribution in [1.82, 2.24) is 9.80 Å². The largest absolute Gasteiger partial charge is 0.467 e. The van der Waals surface area contributed by atoms with Crippen LogP contribution in [0.1, 0.15) is 18.6 Å². The van der Waals surface area contributed by atoms with Crippen LogP contribution < -0.4 is 4.90 Å². The van der Waals surface area contributed by atoms with Gasteiger partial charge in [0.05, 0.1) is 25.5 Å². The van der Waals surface area contributed by atoms with Gasteiger partial charge in [0.2, 0.25) is 5.91 Å². The van der Waals surface area contributed by atoms with Crippen LogP contribution in [0.3, 0.4) is 0 Å². The Morgan fingerprint density at radius 3 is 2.50 bits per heavy atom. The number of piperazine rings is 1. The number of benzene rings is 1. The summed E-state index contributed by atoms with van der Waals surface area (Å²) in [6.45, 7) is 6.65. The zero-order chi connectivity index (χ0) is 19.2. The van der Waals surface area contributed by atoms with E-state index in [4.69, 9.17) is 9.15 Å². The van der Waals surface area contributed by atoms with Crippen molar-refractivity contribution < 1.29 is 13.9 Å². The third kappa shape index (κ3) is 5.01. The number of anilines is 1. The Hall–Kier alpha value is -2.15. The molecule has 2 aromatic rings. The number of amides is 1. The minimum Gasteiger partial charge on any atom is -0.467 e. The summed E-state index contributed by atoms with van der Waals surface area (Å²) >= 11 is 0. The molecule has 1 aromatic carbocycles. The number of hydrogen-bond acceptors (Lipinski definition) is 5. The molecule has 2 aliphatic rings. The zero-order valence-electron chi connectivity index (χ0n) is 16.3. The molecule has 0 saturated carbocycles. The summed E-state index contributed by atoms with van der Waals surface area (Å²) in [5.74, 6) is 0.897. The molecule has 150 valence electrons. The van der Waals surface area contributed by atoms with Gasteiger partial charge in [-0.2, -0.15) is 0 Å². The Kier molecular flexibility index (Phi) is 6.41. The van der Waals surface area contributed by atoms with E-state index in [0.717, 1.165) is 50.8 Å². The number of hydrogen-bond donors (Lipinski definition) is 0. The number of para-hydroxylation sites is 1. The van der Waals surface area contributed by atoms with Gasteiger partial charge in [-0.15, -0.1) is 0 Å². The highest BCUT2D eigenvalue weighted by molar-refractivity contribution is 5.94. The lowest BCUT2D eigenvalue weighted by Gasteiger charge is -2.36. The monoisotopic (exact) mass is 383 g/mol. The standard InChI is InChI=1S/C22H29N3O3/c26-22(18-24-12-10-23(11-13-24)16-20-8-4-14-27-20)25(17-21-9-5-15-28-21)19-6-2-1-3-7-19/h1-3,5-7,9,15,20H,4,8,10-14,16-18H2. The van der Waals surface area contributed by atoms with Gasteiger partial charge in [-0.05, 0) is 37.1 Å². The van der Waals surface area contributed by atoms with Crippen LogP contribution in [0.4, 0.5) is 5.69 Å². The highest BCUT2D eigenvalue weighted by Gasteiger charge is 2.25. The van der Waals surface area contributed by atoms with Crippen molar-refractivity contribution in [2.45, 2.75) is 25.5 Å². The molecule has 0 aliphatic carbocycles. The number of carbonyl (C=O) groups is 1. The summed E-state index contributed by atoms with van der Waals surface area (Å²) < 4.78 is 11.2. The first-order valence-corrected chi connectivity index (χ1v) is 10.2. The van der Waals surface area contributed by atoms with Gasteiger partial charge in [0.25, 0.3) is 0 Å². The second-order valence-corrected chi connectivity index (χ2v) is 7.61. The van der Waals surface area contributed by atoms with Crippen LogP contribution in [-0.4, -0.2) is 67.7 Å². The first kappa shape index (κ1) is 19.2. The molecular formula is C22H29N3O3. The van der Waals surface area contributed by atoms with E-state index in [9.17, 15) is 4.79 Å². The molecule has 0 radical (unpaired) electrons. The third-order valence-corrected chi connectivity index (χ3v) is 5.57. The molecule has 2 aliphatic heterocycles. The van der Waals surface area contributed by atoms with E-state index in [2.05, 4.69) is 9.80 Å². The van der Waals surface area contributed by atoms with E-state index in [1.54, 1.807) is 6.26 Å². The maximum Gasteiger partial charge on any atom is 0.241 e. The smallest absolute Gasteiger partial charge is 0.241 e. The van der Waals surface area contributed by atoms with E-state index in [0.29, 0.717) is 19.2 Å². The fourth-order valence-electron chi connectivity index (χ4n) is 3.97. The lowest BCUT2D eigenvalue weighted by Crippen LogP contribution is -2.51. The Bertz CT molecular complexity index is 721. The van der Waals surface area contributed by atoms with Crippen molar-refractivity contribution in [2.24, 2.45) is 0 Å². The van der Waals surface area contributed by atoms with Crippen molar-refractivity contribution >= 4 is 11.6 Å². The molecule has 0 spiro atoms. The molecule has 6 nitrogen and oxygen atoms in total. The summed E-state index contributed by atoms with van der Waals surface area (Å²) in [6.07, 6.45) is 4.41. The number of rotatable bonds is 7. The second kappa shape index (κ2) is 9.37. The Morgan fingerprint density at radius 2 is 1.82 bits per heavy atom. The van der Waals surface area contributed by atoms with E-state index in [1.807, 2.05) is 47.4 Å². The lowest BCUT2D eigenvalue weighted by atomic mass is 10.2. The lowest BCUT2D eigenvalue weighted by molar-refractivity contribution is -0.120. The van der Waals surface area contributed by atoms with Crippen LogP contribution in [0.2, 0.25) is 0 Å². The molecule has 4 rings (SSSR count). The molecule has 2 saturated heterocycles. The number of furan rings is 1. The van der Waals surface area contributed by atoms with E-state index in [1.165, 1.54) is 12.8 Å². The van der Waals surface area contributed by atoms with Gasteiger partial charge in [0.1, 0.15) is 5.76 Å².